The molecule has 0 saturated heterocycles. The average Bonchev–Trinajstić information content (AvgIpc) is 2.17. The van der Waals surface area contributed by atoms with Crippen LogP contribution in [0.2, 0.25) is 5.02 Å². The Morgan fingerprint density at radius 1 is 1.56 bits per heavy atom. The van der Waals surface area contributed by atoms with Crippen molar-refractivity contribution in [3.8, 4) is 0 Å². The maximum absolute atomic E-state index is 10.6. The van der Waals surface area contributed by atoms with E-state index in [1.807, 2.05) is 0 Å². The molecule has 1 atom stereocenters. The highest BCUT2D eigenvalue weighted by atomic mass is 35.5. The molecule has 1 aromatic carbocycles. The van der Waals surface area contributed by atoms with Gasteiger partial charge in [-0.2, -0.15) is 0 Å². The predicted molar refractivity (Wildman–Crippen MR) is 66.1 cm³/mol. The number of nitro groups is 1. The van der Waals surface area contributed by atoms with Gasteiger partial charge >= 0.3 is 0 Å². The Kier molecular flexibility index (Phi) is 4.55. The van der Waals surface area contributed by atoms with Crippen molar-refractivity contribution in [2.24, 2.45) is 0 Å². The summed E-state index contributed by atoms with van der Waals surface area (Å²) in [5.74, 6) is 0. The van der Waals surface area contributed by atoms with Gasteiger partial charge in [-0.3, -0.25) is 10.1 Å². The normalized spacial score (nSPS) is 12.2. The van der Waals surface area contributed by atoms with Crippen LogP contribution in [0.25, 0.3) is 0 Å². The summed E-state index contributed by atoms with van der Waals surface area (Å²) in [4.78, 5) is 10.1. The van der Waals surface area contributed by atoms with Gasteiger partial charge in [0, 0.05) is 17.8 Å². The number of nitrogens with one attached hydrogen (secondary N) is 1. The molecule has 88 valence electrons. The fourth-order valence-corrected chi connectivity index (χ4v) is 1.78. The smallest absolute Gasteiger partial charge is 0.288 e. The maximum Gasteiger partial charge on any atom is 0.288 e. The van der Waals surface area contributed by atoms with Gasteiger partial charge in [-0.1, -0.05) is 24.9 Å². The Morgan fingerprint density at radius 2 is 2.25 bits per heavy atom. The van der Waals surface area contributed by atoms with Gasteiger partial charge in [0.1, 0.15) is 5.02 Å². The molecule has 4 nitrogen and oxygen atoms in total. The minimum Gasteiger partial charge on any atom is -0.383 e. The van der Waals surface area contributed by atoms with Gasteiger partial charge in [0.05, 0.1) is 4.92 Å². The highest BCUT2D eigenvalue weighted by molar-refractivity contribution is 6.32. The van der Waals surface area contributed by atoms with Crippen molar-refractivity contribution in [3.63, 3.8) is 0 Å². The van der Waals surface area contributed by atoms with Crippen molar-refractivity contribution in [2.45, 2.75) is 32.7 Å². The molecule has 1 aromatic rings. The minimum absolute atomic E-state index is 0.0599. The monoisotopic (exact) mass is 242 g/mol. The van der Waals surface area contributed by atoms with Gasteiger partial charge in [0.15, 0.2) is 0 Å². The lowest BCUT2D eigenvalue weighted by Crippen LogP contribution is -2.14. The van der Waals surface area contributed by atoms with E-state index in [9.17, 15) is 10.1 Å². The van der Waals surface area contributed by atoms with Crippen LogP contribution in [-0.4, -0.2) is 11.0 Å². The molecule has 0 amide bonds. The summed E-state index contributed by atoms with van der Waals surface area (Å²) in [6.45, 7) is 4.18. The fourth-order valence-electron chi connectivity index (χ4n) is 1.53. The van der Waals surface area contributed by atoms with Crippen LogP contribution in [-0.2, 0) is 0 Å². The number of benzene rings is 1. The lowest BCUT2D eigenvalue weighted by molar-refractivity contribution is -0.384. The van der Waals surface area contributed by atoms with Crippen LogP contribution in [0.15, 0.2) is 18.2 Å². The number of hydrogen-bond acceptors (Lipinski definition) is 3. The quantitative estimate of drug-likeness (QED) is 0.630. The number of nitro benzene ring substituents is 1. The Morgan fingerprint density at radius 3 is 2.75 bits per heavy atom. The lowest BCUT2D eigenvalue weighted by atomic mass is 10.2. The van der Waals surface area contributed by atoms with Crippen LogP contribution in [0.4, 0.5) is 11.4 Å². The zero-order chi connectivity index (χ0) is 12.1. The van der Waals surface area contributed by atoms with Crippen molar-refractivity contribution < 1.29 is 4.92 Å². The molecule has 0 fully saturated rings. The summed E-state index contributed by atoms with van der Waals surface area (Å²) in [5, 5.41) is 14.0. The van der Waals surface area contributed by atoms with Crippen LogP contribution >= 0.6 is 11.6 Å². The first-order valence-electron chi connectivity index (χ1n) is 5.25. The molecule has 0 aromatic heterocycles. The summed E-state index contributed by atoms with van der Waals surface area (Å²) < 4.78 is 0. The molecule has 1 rings (SSSR count). The van der Waals surface area contributed by atoms with E-state index in [2.05, 4.69) is 19.2 Å². The van der Waals surface area contributed by atoms with Crippen molar-refractivity contribution in [3.05, 3.63) is 33.3 Å². The molecule has 5 heteroatoms. The Labute approximate surface area is 99.8 Å². The largest absolute Gasteiger partial charge is 0.383 e. The van der Waals surface area contributed by atoms with Gasteiger partial charge in [0.2, 0.25) is 0 Å². The number of halogens is 1. The van der Waals surface area contributed by atoms with Crippen LogP contribution in [0.5, 0.6) is 0 Å². The molecule has 1 N–H and O–H groups in total. The molecule has 0 aliphatic rings. The van der Waals surface area contributed by atoms with E-state index in [1.165, 1.54) is 6.07 Å². The number of anilines is 1. The van der Waals surface area contributed by atoms with Gasteiger partial charge in [-0.25, -0.2) is 0 Å². The zero-order valence-corrected chi connectivity index (χ0v) is 10.1. The summed E-state index contributed by atoms with van der Waals surface area (Å²) >= 11 is 5.80. The second kappa shape index (κ2) is 5.70. The SMILES string of the molecule is CCCC(C)Nc1ccc([N+](=O)[O-])c(Cl)c1. The zero-order valence-electron chi connectivity index (χ0n) is 9.37. The van der Waals surface area contributed by atoms with E-state index in [0.717, 1.165) is 18.5 Å². The second-order valence-electron chi connectivity index (χ2n) is 3.76. The molecule has 0 spiro atoms. The van der Waals surface area contributed by atoms with Crippen molar-refractivity contribution >= 4 is 23.0 Å². The number of rotatable bonds is 5. The summed E-state index contributed by atoms with van der Waals surface area (Å²) in [6, 6.07) is 5.02. The third-order valence-electron chi connectivity index (χ3n) is 2.28. The number of hydrogen-bond donors (Lipinski definition) is 1. The highest BCUT2D eigenvalue weighted by Gasteiger charge is 2.12. The fraction of sp³-hybridized carbons (Fsp3) is 0.455. The van der Waals surface area contributed by atoms with Gasteiger partial charge in [0.25, 0.3) is 5.69 Å². The van der Waals surface area contributed by atoms with E-state index in [0.29, 0.717) is 6.04 Å². The van der Waals surface area contributed by atoms with E-state index < -0.39 is 4.92 Å². The van der Waals surface area contributed by atoms with Crippen LogP contribution in [0.1, 0.15) is 26.7 Å². The molecule has 0 aliphatic carbocycles. The Balaban J connectivity index is 2.77. The average molecular weight is 243 g/mol. The van der Waals surface area contributed by atoms with Crippen molar-refractivity contribution in [1.29, 1.82) is 0 Å². The van der Waals surface area contributed by atoms with Crippen LogP contribution in [0.3, 0.4) is 0 Å². The molecule has 0 bridgehead atoms. The van der Waals surface area contributed by atoms with E-state index in [1.54, 1.807) is 12.1 Å². The first-order chi connectivity index (χ1) is 7.54. The Bertz CT molecular complexity index is 382. The standard InChI is InChI=1S/C11H15ClN2O2/c1-3-4-8(2)13-9-5-6-11(14(15)16)10(12)7-9/h5-8,13H,3-4H2,1-2H3. The molecule has 0 radical (unpaired) electrons. The topological polar surface area (TPSA) is 55.2 Å². The van der Waals surface area contributed by atoms with Gasteiger partial charge in [-0.15, -0.1) is 0 Å². The van der Waals surface area contributed by atoms with E-state index in [4.69, 9.17) is 11.6 Å². The maximum atomic E-state index is 10.6. The molecule has 0 saturated carbocycles. The van der Waals surface area contributed by atoms with Crippen LogP contribution in [0, 0.1) is 10.1 Å². The first kappa shape index (κ1) is 12.8. The molecule has 0 aliphatic heterocycles. The highest BCUT2D eigenvalue weighted by Crippen LogP contribution is 2.27. The Hall–Kier alpha value is -1.29. The molecular weight excluding hydrogens is 228 g/mol. The number of nitrogens with zero attached hydrogens (tertiary/aromatic N) is 1. The van der Waals surface area contributed by atoms with Crippen LogP contribution < -0.4 is 5.32 Å². The molecule has 0 heterocycles. The van der Waals surface area contributed by atoms with E-state index in [-0.39, 0.29) is 10.7 Å². The molecule has 1 unspecified atom stereocenters. The van der Waals surface area contributed by atoms with Gasteiger partial charge in [-0.05, 0) is 25.5 Å². The summed E-state index contributed by atoms with van der Waals surface area (Å²) in [7, 11) is 0. The summed E-state index contributed by atoms with van der Waals surface area (Å²) in [6.07, 6.45) is 2.14. The van der Waals surface area contributed by atoms with Crippen molar-refractivity contribution in [2.75, 3.05) is 5.32 Å². The third-order valence-corrected chi connectivity index (χ3v) is 2.58. The first-order valence-corrected chi connectivity index (χ1v) is 5.63. The van der Waals surface area contributed by atoms with Crippen molar-refractivity contribution in [1.82, 2.24) is 0 Å². The predicted octanol–water partition coefficient (Wildman–Crippen LogP) is 3.85. The minimum atomic E-state index is -0.485. The lowest BCUT2D eigenvalue weighted by Gasteiger charge is -2.14. The second-order valence-corrected chi connectivity index (χ2v) is 4.16. The summed E-state index contributed by atoms with van der Waals surface area (Å²) in [5.41, 5.74) is 0.756. The van der Waals surface area contributed by atoms with E-state index >= 15 is 0 Å². The third kappa shape index (κ3) is 3.38. The van der Waals surface area contributed by atoms with Gasteiger partial charge < -0.3 is 5.32 Å². The molecular formula is C11H15ClN2O2. The molecule has 16 heavy (non-hydrogen) atoms.